The van der Waals surface area contributed by atoms with E-state index >= 15 is 0 Å². The zero-order valence-electron chi connectivity index (χ0n) is 17.1. The molecule has 0 aromatic carbocycles. The van der Waals surface area contributed by atoms with Crippen molar-refractivity contribution in [1.82, 2.24) is 5.32 Å². The summed E-state index contributed by atoms with van der Waals surface area (Å²) in [6.45, 7) is 2.80. The number of aliphatic carboxylic acids is 1. The summed E-state index contributed by atoms with van der Waals surface area (Å²) >= 11 is 0. The molecule has 1 unspecified atom stereocenters. The van der Waals surface area contributed by atoms with Gasteiger partial charge in [-0.25, -0.2) is 4.79 Å². The largest absolute Gasteiger partial charge is 0.476 e. The van der Waals surface area contributed by atoms with Gasteiger partial charge in [0.25, 0.3) is 5.66 Å². The smallest absolute Gasteiger partial charge is 0.382 e. The molecule has 0 bridgehead atoms. The van der Waals surface area contributed by atoms with Gasteiger partial charge in [0, 0.05) is 6.54 Å². The second-order valence-electron chi connectivity index (χ2n) is 8.11. The van der Waals surface area contributed by atoms with E-state index < -0.39 is 11.6 Å². The molecule has 0 aliphatic heterocycles. The van der Waals surface area contributed by atoms with Gasteiger partial charge in [0.1, 0.15) is 0 Å². The van der Waals surface area contributed by atoms with E-state index in [9.17, 15) is 15.0 Å². The summed E-state index contributed by atoms with van der Waals surface area (Å²) in [6, 6.07) is 0. The SMILES string of the molecule is CCCCCCCCCCCCCNC(CCO)(C(=O)O)[N+](C)(C)C. The molecular formula is C20H43N2O3+. The normalized spacial score (nSPS) is 14.4. The number of nitrogens with zero attached hydrogens (tertiary/aromatic N) is 1. The third-order valence-electron chi connectivity index (χ3n) is 5.17. The standard InChI is InChI=1S/C20H42N2O3/c1-5-6-7-8-9-10-11-12-13-14-15-17-21-20(16-18-23,19(24)25)22(2,3)4/h21,23H,5-18H2,1-4H3/p+1. The van der Waals surface area contributed by atoms with Crippen LogP contribution in [0, 0.1) is 0 Å². The van der Waals surface area contributed by atoms with Gasteiger partial charge in [-0.2, -0.15) is 0 Å². The predicted octanol–water partition coefficient (Wildman–Crippen LogP) is 3.76. The van der Waals surface area contributed by atoms with Crippen LogP contribution < -0.4 is 5.32 Å². The number of hydrogen-bond donors (Lipinski definition) is 3. The minimum absolute atomic E-state index is 0.132. The zero-order valence-corrected chi connectivity index (χ0v) is 17.1. The van der Waals surface area contributed by atoms with Gasteiger partial charge in [0.15, 0.2) is 0 Å². The van der Waals surface area contributed by atoms with E-state index in [2.05, 4.69) is 12.2 Å². The van der Waals surface area contributed by atoms with Gasteiger partial charge < -0.3 is 14.7 Å². The molecule has 0 saturated heterocycles. The molecule has 5 nitrogen and oxygen atoms in total. The highest BCUT2D eigenvalue weighted by Crippen LogP contribution is 2.21. The number of nitrogens with one attached hydrogen (secondary N) is 1. The van der Waals surface area contributed by atoms with E-state index in [0.29, 0.717) is 6.54 Å². The van der Waals surface area contributed by atoms with Crippen LogP contribution in [0.5, 0.6) is 0 Å². The highest BCUT2D eigenvalue weighted by atomic mass is 16.4. The lowest BCUT2D eigenvalue weighted by Gasteiger charge is -2.43. The fourth-order valence-corrected chi connectivity index (χ4v) is 3.38. The van der Waals surface area contributed by atoms with Crippen LogP contribution in [0.2, 0.25) is 0 Å². The van der Waals surface area contributed by atoms with E-state index in [0.717, 1.165) is 12.8 Å². The average molecular weight is 360 g/mol. The monoisotopic (exact) mass is 359 g/mol. The van der Waals surface area contributed by atoms with Crippen molar-refractivity contribution in [2.45, 2.75) is 89.6 Å². The molecule has 0 aliphatic carbocycles. The highest BCUT2D eigenvalue weighted by Gasteiger charge is 2.49. The van der Waals surface area contributed by atoms with E-state index in [1.807, 2.05) is 21.1 Å². The Morgan fingerprint density at radius 1 is 0.880 bits per heavy atom. The van der Waals surface area contributed by atoms with E-state index in [1.54, 1.807) is 0 Å². The maximum absolute atomic E-state index is 11.8. The number of aliphatic hydroxyl groups excluding tert-OH is 1. The fraction of sp³-hybridized carbons (Fsp3) is 0.950. The molecule has 0 aliphatic rings. The third kappa shape index (κ3) is 9.57. The maximum atomic E-state index is 11.8. The third-order valence-corrected chi connectivity index (χ3v) is 5.17. The molecule has 0 saturated carbocycles. The number of carboxylic acids is 1. The minimum Gasteiger partial charge on any atom is -0.476 e. The molecule has 3 N–H and O–H groups in total. The number of unbranched alkanes of at least 4 members (excludes halogenated alkanes) is 10. The van der Waals surface area contributed by atoms with Crippen molar-refractivity contribution in [2.24, 2.45) is 0 Å². The quantitative estimate of drug-likeness (QED) is 0.210. The molecule has 25 heavy (non-hydrogen) atoms. The van der Waals surface area contributed by atoms with Crippen molar-refractivity contribution in [3.63, 3.8) is 0 Å². The van der Waals surface area contributed by atoms with Crippen LogP contribution >= 0.6 is 0 Å². The Hall–Kier alpha value is -0.650. The molecule has 0 aromatic rings. The first-order valence-corrected chi connectivity index (χ1v) is 10.2. The van der Waals surface area contributed by atoms with E-state index in [1.165, 1.54) is 57.8 Å². The summed E-state index contributed by atoms with van der Waals surface area (Å²) in [5, 5.41) is 22.2. The van der Waals surface area contributed by atoms with Gasteiger partial charge in [0.2, 0.25) is 0 Å². The average Bonchev–Trinajstić information content (AvgIpc) is 2.53. The molecular weight excluding hydrogens is 316 g/mol. The number of carbonyl (C=O) groups is 1. The summed E-state index contributed by atoms with van der Waals surface area (Å²) in [5.74, 6) is -0.892. The van der Waals surface area contributed by atoms with Gasteiger partial charge in [0.05, 0.1) is 34.2 Å². The van der Waals surface area contributed by atoms with Gasteiger partial charge in [-0.15, -0.1) is 0 Å². The molecule has 5 heteroatoms. The summed E-state index contributed by atoms with van der Waals surface area (Å²) in [4.78, 5) is 11.8. The van der Waals surface area contributed by atoms with E-state index in [-0.39, 0.29) is 17.5 Å². The van der Waals surface area contributed by atoms with Crippen molar-refractivity contribution < 1.29 is 19.5 Å². The Balaban J connectivity index is 3.88. The topological polar surface area (TPSA) is 69.6 Å². The number of quaternary nitrogens is 1. The second-order valence-corrected chi connectivity index (χ2v) is 8.11. The molecule has 0 rings (SSSR count). The van der Waals surface area contributed by atoms with Gasteiger partial charge in [-0.3, -0.25) is 5.32 Å². The van der Waals surface area contributed by atoms with Crippen molar-refractivity contribution in [3.05, 3.63) is 0 Å². The van der Waals surface area contributed by atoms with Crippen molar-refractivity contribution in [1.29, 1.82) is 0 Å². The molecule has 0 aromatic heterocycles. The van der Waals surface area contributed by atoms with Crippen LogP contribution in [0.1, 0.15) is 84.0 Å². The maximum Gasteiger partial charge on any atom is 0.382 e. The summed E-state index contributed by atoms with van der Waals surface area (Å²) < 4.78 is 0.251. The van der Waals surface area contributed by atoms with Gasteiger partial charge in [-0.1, -0.05) is 71.1 Å². The second kappa shape index (κ2) is 13.5. The van der Waals surface area contributed by atoms with Crippen molar-refractivity contribution in [3.8, 4) is 0 Å². The first kappa shape index (κ1) is 24.4. The van der Waals surface area contributed by atoms with Crippen molar-refractivity contribution >= 4 is 5.97 Å². The Kier molecular flexibility index (Phi) is 13.2. The molecule has 0 radical (unpaired) electrons. The van der Waals surface area contributed by atoms with E-state index in [4.69, 9.17) is 0 Å². The summed E-state index contributed by atoms with van der Waals surface area (Å²) in [5.41, 5.74) is -1.12. The first-order valence-electron chi connectivity index (χ1n) is 10.2. The lowest BCUT2D eigenvalue weighted by molar-refractivity contribution is -0.918. The first-order chi connectivity index (χ1) is 11.8. The number of likely N-dealkylation sites (N-methyl/N-ethyl adjacent to an activating group) is 1. The molecule has 1 atom stereocenters. The number of aliphatic hydroxyl groups is 1. The van der Waals surface area contributed by atoms with Crippen LogP contribution in [0.25, 0.3) is 0 Å². The molecule has 0 heterocycles. The summed E-state index contributed by atoms with van der Waals surface area (Å²) in [6.07, 6.45) is 14.3. The Bertz CT molecular complexity index is 342. The Morgan fingerprint density at radius 3 is 1.68 bits per heavy atom. The lowest BCUT2D eigenvalue weighted by atomic mass is 10.0. The fourth-order valence-electron chi connectivity index (χ4n) is 3.38. The van der Waals surface area contributed by atoms with Crippen molar-refractivity contribution in [2.75, 3.05) is 34.3 Å². The Morgan fingerprint density at radius 2 is 1.32 bits per heavy atom. The molecule has 0 spiro atoms. The molecule has 0 fully saturated rings. The zero-order chi connectivity index (χ0) is 19.2. The van der Waals surface area contributed by atoms with Crippen LogP contribution in [-0.2, 0) is 4.79 Å². The minimum atomic E-state index is -1.12. The Labute approximate surface area is 155 Å². The van der Waals surface area contributed by atoms with Crippen LogP contribution in [-0.4, -0.2) is 60.6 Å². The summed E-state index contributed by atoms with van der Waals surface area (Å²) in [7, 11) is 5.58. The number of hydrogen-bond acceptors (Lipinski definition) is 3. The number of rotatable bonds is 17. The highest BCUT2D eigenvalue weighted by molar-refractivity contribution is 5.76. The number of carboxylic acid groups (broad SMARTS) is 1. The van der Waals surface area contributed by atoms with Gasteiger partial charge in [-0.05, 0) is 6.42 Å². The predicted molar refractivity (Wildman–Crippen MR) is 105 cm³/mol. The van der Waals surface area contributed by atoms with Crippen LogP contribution in [0.3, 0.4) is 0 Å². The lowest BCUT2D eigenvalue weighted by Crippen LogP contribution is -2.70. The van der Waals surface area contributed by atoms with Crippen LogP contribution in [0.15, 0.2) is 0 Å². The van der Waals surface area contributed by atoms with Crippen LogP contribution in [0.4, 0.5) is 0 Å². The van der Waals surface area contributed by atoms with Gasteiger partial charge >= 0.3 is 5.97 Å². The molecule has 0 amide bonds. The molecule has 150 valence electrons.